The monoisotopic (exact) mass is 287 g/mol. The van der Waals surface area contributed by atoms with Crippen LogP contribution in [0.3, 0.4) is 0 Å². The lowest BCUT2D eigenvalue weighted by atomic mass is 9.89. The zero-order valence-corrected chi connectivity index (χ0v) is 13.4. The number of nitrogens with two attached hydrogens (primary N) is 1. The maximum absolute atomic E-state index is 7.71. The van der Waals surface area contributed by atoms with Crippen LogP contribution in [0, 0.1) is 17.2 Å². The minimum atomic E-state index is 0.259. The predicted octanol–water partition coefficient (Wildman–Crippen LogP) is 3.81. The number of hydrogen-bond acceptors (Lipinski definition) is 2. The van der Waals surface area contributed by atoms with Gasteiger partial charge in [-0.3, -0.25) is 10.3 Å². The Labute approximate surface area is 129 Å². The maximum Gasteiger partial charge on any atom is 0.0924 e. The fraction of sp³-hybridized carbons (Fsp3) is 0.611. The Bertz CT molecular complexity index is 441. The third kappa shape index (κ3) is 4.57. The van der Waals surface area contributed by atoms with Gasteiger partial charge in [0, 0.05) is 12.5 Å². The Morgan fingerprint density at radius 2 is 1.95 bits per heavy atom. The molecule has 2 unspecified atom stereocenters. The Morgan fingerprint density at radius 1 is 1.24 bits per heavy atom. The van der Waals surface area contributed by atoms with Gasteiger partial charge in [-0.1, -0.05) is 44.2 Å². The van der Waals surface area contributed by atoms with E-state index >= 15 is 0 Å². The molecule has 2 atom stereocenters. The topological polar surface area (TPSA) is 53.1 Å². The summed E-state index contributed by atoms with van der Waals surface area (Å²) in [6, 6.07) is 10.8. The molecule has 1 fully saturated rings. The highest BCUT2D eigenvalue weighted by Crippen LogP contribution is 2.31. The second-order valence-electron chi connectivity index (χ2n) is 6.63. The molecule has 1 aromatic rings. The van der Waals surface area contributed by atoms with Gasteiger partial charge < -0.3 is 5.73 Å². The fourth-order valence-corrected chi connectivity index (χ4v) is 3.46. The molecule has 0 spiro atoms. The summed E-state index contributed by atoms with van der Waals surface area (Å²) in [7, 11) is 0. The predicted molar refractivity (Wildman–Crippen MR) is 89.5 cm³/mol. The van der Waals surface area contributed by atoms with Gasteiger partial charge in [0.1, 0.15) is 0 Å². The largest absolute Gasteiger partial charge is 0.388 e. The van der Waals surface area contributed by atoms with Gasteiger partial charge >= 0.3 is 0 Å². The van der Waals surface area contributed by atoms with Crippen molar-refractivity contribution in [2.75, 3.05) is 13.1 Å². The molecule has 3 nitrogen and oxygen atoms in total. The van der Waals surface area contributed by atoms with Gasteiger partial charge in [0.2, 0.25) is 0 Å². The van der Waals surface area contributed by atoms with Crippen LogP contribution in [0.15, 0.2) is 30.3 Å². The summed E-state index contributed by atoms with van der Waals surface area (Å²) in [6.07, 6.45) is 4.48. The minimum Gasteiger partial charge on any atom is -0.388 e. The molecule has 0 radical (unpaired) electrons. The third-order valence-corrected chi connectivity index (χ3v) is 4.79. The van der Waals surface area contributed by atoms with Gasteiger partial charge in [-0.15, -0.1) is 0 Å². The van der Waals surface area contributed by atoms with Crippen LogP contribution in [0.25, 0.3) is 0 Å². The van der Waals surface area contributed by atoms with Crippen LogP contribution in [0.1, 0.15) is 51.1 Å². The van der Waals surface area contributed by atoms with E-state index in [-0.39, 0.29) is 11.9 Å². The number of benzene rings is 1. The smallest absolute Gasteiger partial charge is 0.0924 e. The Hall–Kier alpha value is -1.35. The van der Waals surface area contributed by atoms with Crippen molar-refractivity contribution in [1.29, 1.82) is 5.41 Å². The van der Waals surface area contributed by atoms with Gasteiger partial charge in [0.05, 0.1) is 5.84 Å². The highest BCUT2D eigenvalue weighted by Gasteiger charge is 2.25. The molecular formula is C18H29N3. The van der Waals surface area contributed by atoms with Gasteiger partial charge in [0.15, 0.2) is 0 Å². The highest BCUT2D eigenvalue weighted by molar-refractivity contribution is 5.77. The van der Waals surface area contributed by atoms with Gasteiger partial charge in [-0.05, 0) is 49.8 Å². The number of rotatable bonds is 5. The van der Waals surface area contributed by atoms with E-state index in [4.69, 9.17) is 11.1 Å². The van der Waals surface area contributed by atoms with Crippen LogP contribution < -0.4 is 5.73 Å². The molecule has 0 amide bonds. The van der Waals surface area contributed by atoms with Crippen molar-refractivity contribution in [2.24, 2.45) is 17.6 Å². The minimum absolute atomic E-state index is 0.259. The molecule has 0 aliphatic carbocycles. The van der Waals surface area contributed by atoms with Crippen molar-refractivity contribution in [3.05, 3.63) is 35.9 Å². The first-order chi connectivity index (χ1) is 10.1. The fourth-order valence-electron chi connectivity index (χ4n) is 3.46. The van der Waals surface area contributed by atoms with Crippen molar-refractivity contribution in [2.45, 2.75) is 45.6 Å². The first kappa shape index (κ1) is 16.0. The van der Waals surface area contributed by atoms with Gasteiger partial charge in [-0.2, -0.15) is 0 Å². The molecule has 1 aliphatic rings. The molecule has 0 aromatic heterocycles. The van der Waals surface area contributed by atoms with Crippen LogP contribution >= 0.6 is 0 Å². The summed E-state index contributed by atoms with van der Waals surface area (Å²) in [5.41, 5.74) is 7.00. The lowest BCUT2D eigenvalue weighted by Crippen LogP contribution is -2.33. The Morgan fingerprint density at radius 3 is 2.57 bits per heavy atom. The van der Waals surface area contributed by atoms with Gasteiger partial charge in [0.25, 0.3) is 0 Å². The normalized spacial score (nSPS) is 22.0. The first-order valence-electron chi connectivity index (χ1n) is 8.20. The van der Waals surface area contributed by atoms with E-state index in [0.717, 1.165) is 24.9 Å². The van der Waals surface area contributed by atoms with Crippen molar-refractivity contribution in [1.82, 2.24) is 4.90 Å². The lowest BCUT2D eigenvalue weighted by Gasteiger charge is -2.31. The molecule has 3 heteroatoms. The molecular weight excluding hydrogens is 258 g/mol. The summed E-state index contributed by atoms with van der Waals surface area (Å²) in [5, 5.41) is 7.71. The van der Waals surface area contributed by atoms with Crippen molar-refractivity contribution < 1.29 is 0 Å². The van der Waals surface area contributed by atoms with Crippen LogP contribution in [-0.4, -0.2) is 23.8 Å². The zero-order chi connectivity index (χ0) is 15.2. The van der Waals surface area contributed by atoms with E-state index in [9.17, 15) is 0 Å². The Kier molecular flexibility index (Phi) is 5.80. The number of likely N-dealkylation sites (tertiary alicyclic amines) is 1. The van der Waals surface area contributed by atoms with Crippen LogP contribution in [0.5, 0.6) is 0 Å². The van der Waals surface area contributed by atoms with E-state index in [1.54, 1.807) is 0 Å². The van der Waals surface area contributed by atoms with E-state index in [1.165, 1.54) is 24.8 Å². The van der Waals surface area contributed by atoms with Crippen molar-refractivity contribution in [3.8, 4) is 0 Å². The molecule has 116 valence electrons. The Balaban J connectivity index is 2.12. The summed E-state index contributed by atoms with van der Waals surface area (Å²) < 4.78 is 0. The molecule has 1 aromatic carbocycles. The molecule has 21 heavy (non-hydrogen) atoms. The number of amidine groups is 1. The number of nitrogens with one attached hydrogen (secondary N) is 1. The van der Waals surface area contributed by atoms with Gasteiger partial charge in [-0.25, -0.2) is 0 Å². The number of hydrogen-bond donors (Lipinski definition) is 2. The molecule has 1 aliphatic heterocycles. The number of nitrogens with zero attached hydrogens (tertiary/aromatic N) is 1. The average Bonchev–Trinajstić information content (AvgIpc) is 2.71. The van der Waals surface area contributed by atoms with E-state index < -0.39 is 0 Å². The average molecular weight is 287 g/mol. The standard InChI is InChI=1S/C18H29N3/c1-14(2)15-9-6-11-21(12-10-15)17(13-18(19)20)16-7-4-3-5-8-16/h3-5,7-8,14-15,17H,6,9-13H2,1-2H3,(H3,19,20). The summed E-state index contributed by atoms with van der Waals surface area (Å²) >= 11 is 0. The van der Waals surface area contributed by atoms with E-state index in [2.05, 4.69) is 43.0 Å². The van der Waals surface area contributed by atoms with Crippen LogP contribution in [-0.2, 0) is 0 Å². The third-order valence-electron chi connectivity index (χ3n) is 4.79. The molecule has 3 N–H and O–H groups in total. The summed E-state index contributed by atoms with van der Waals surface area (Å²) in [5.74, 6) is 1.89. The van der Waals surface area contributed by atoms with Crippen LogP contribution in [0.2, 0.25) is 0 Å². The quantitative estimate of drug-likeness (QED) is 0.639. The second-order valence-corrected chi connectivity index (χ2v) is 6.63. The van der Waals surface area contributed by atoms with Crippen molar-refractivity contribution >= 4 is 5.84 Å². The lowest BCUT2D eigenvalue weighted by molar-refractivity contribution is 0.203. The van der Waals surface area contributed by atoms with E-state index in [1.807, 2.05) is 6.07 Å². The molecule has 0 saturated carbocycles. The SMILES string of the molecule is CC(C)C1CCCN(C(CC(=N)N)c2ccccc2)CC1. The molecule has 0 bridgehead atoms. The van der Waals surface area contributed by atoms with E-state index in [0.29, 0.717) is 6.42 Å². The zero-order valence-electron chi connectivity index (χ0n) is 13.4. The maximum atomic E-state index is 7.71. The summed E-state index contributed by atoms with van der Waals surface area (Å²) in [6.45, 7) is 6.92. The highest BCUT2D eigenvalue weighted by atomic mass is 15.2. The molecule has 1 saturated heterocycles. The van der Waals surface area contributed by atoms with Crippen molar-refractivity contribution in [3.63, 3.8) is 0 Å². The van der Waals surface area contributed by atoms with Crippen LogP contribution in [0.4, 0.5) is 0 Å². The molecule has 2 rings (SSSR count). The first-order valence-corrected chi connectivity index (χ1v) is 8.20. The second kappa shape index (κ2) is 7.60. The summed E-state index contributed by atoms with van der Waals surface area (Å²) in [4.78, 5) is 2.54. The molecule has 1 heterocycles.